The van der Waals surface area contributed by atoms with E-state index < -0.39 is 17.5 Å². The summed E-state index contributed by atoms with van der Waals surface area (Å²) in [6.07, 6.45) is 2.32. The van der Waals surface area contributed by atoms with E-state index in [1.54, 1.807) is 6.92 Å². The van der Waals surface area contributed by atoms with Crippen LogP contribution in [0.2, 0.25) is 0 Å². The van der Waals surface area contributed by atoms with Gasteiger partial charge in [-0.25, -0.2) is 18.2 Å². The molecule has 34 heavy (non-hydrogen) atoms. The Bertz CT molecular complexity index is 1440. The molecule has 0 unspecified atom stereocenters. The van der Waals surface area contributed by atoms with Crippen LogP contribution >= 0.6 is 0 Å². The van der Waals surface area contributed by atoms with E-state index in [1.807, 2.05) is 4.90 Å². The second-order valence-corrected chi connectivity index (χ2v) is 9.01. The largest absolute Gasteiger partial charge is 0.508 e. The highest BCUT2D eigenvalue weighted by Gasteiger charge is 2.26. The molecule has 5 nitrogen and oxygen atoms in total. The van der Waals surface area contributed by atoms with Crippen molar-refractivity contribution in [3.05, 3.63) is 53.3 Å². The van der Waals surface area contributed by atoms with Crippen LogP contribution in [0.3, 0.4) is 0 Å². The van der Waals surface area contributed by atoms with Gasteiger partial charge in [0.25, 0.3) is 0 Å². The summed E-state index contributed by atoms with van der Waals surface area (Å²) < 4.78 is 46.3. The Hall–Kier alpha value is -3.55. The summed E-state index contributed by atoms with van der Waals surface area (Å²) in [5, 5.41) is 11.4. The van der Waals surface area contributed by atoms with Crippen LogP contribution in [0.4, 0.5) is 24.9 Å². The van der Waals surface area contributed by atoms with E-state index in [0.29, 0.717) is 47.6 Å². The number of fused-ring (bicyclic) bond motifs is 2. The summed E-state index contributed by atoms with van der Waals surface area (Å²) in [5.74, 6) is -1.72. The highest BCUT2D eigenvalue weighted by atomic mass is 19.1. The molecule has 4 aromatic rings. The molecular weight excluding hydrogens is 441 g/mol. The van der Waals surface area contributed by atoms with Crippen molar-refractivity contribution in [2.75, 3.05) is 23.7 Å². The highest BCUT2D eigenvalue weighted by molar-refractivity contribution is 6.03. The standard InChI is InChI=1S/C26H25F3N4O/c1-3-16-19(27)7-6-14-9-15(34)10-17(21(14)16)22-20(28)11-18-24(23(22)29)31-26(30)32-25(18)33-8-4-5-13(2)12-33/h6-7,9-11,13,34H,3-5,8,12H2,1-2H3,(H2,30,31,32)/t13-/m0/s1. The summed E-state index contributed by atoms with van der Waals surface area (Å²) in [6, 6.07) is 6.69. The molecule has 1 saturated heterocycles. The van der Waals surface area contributed by atoms with Crippen molar-refractivity contribution in [3.8, 4) is 16.9 Å². The van der Waals surface area contributed by atoms with E-state index in [4.69, 9.17) is 5.73 Å². The number of nitrogens with zero attached hydrogens (tertiary/aromatic N) is 3. The van der Waals surface area contributed by atoms with Crippen LogP contribution in [-0.2, 0) is 6.42 Å². The number of benzene rings is 3. The van der Waals surface area contributed by atoms with Gasteiger partial charge in [0.15, 0.2) is 5.82 Å². The third kappa shape index (κ3) is 3.57. The molecule has 3 aromatic carbocycles. The number of nitrogens with two attached hydrogens (primary N) is 1. The van der Waals surface area contributed by atoms with Crippen LogP contribution in [0.1, 0.15) is 32.3 Å². The number of hydrogen-bond acceptors (Lipinski definition) is 5. The molecule has 8 heteroatoms. The molecular formula is C26H25F3N4O. The Morgan fingerprint density at radius 2 is 1.91 bits per heavy atom. The molecule has 1 aliphatic heterocycles. The maximum Gasteiger partial charge on any atom is 0.222 e. The highest BCUT2D eigenvalue weighted by Crippen LogP contribution is 2.41. The fourth-order valence-electron chi connectivity index (χ4n) is 5.11. The first-order valence-corrected chi connectivity index (χ1v) is 11.4. The lowest BCUT2D eigenvalue weighted by Crippen LogP contribution is -2.35. The first kappa shape index (κ1) is 22.3. The Morgan fingerprint density at radius 3 is 2.65 bits per heavy atom. The maximum atomic E-state index is 16.0. The topological polar surface area (TPSA) is 75.3 Å². The number of halogens is 3. The average molecular weight is 467 g/mol. The molecule has 1 fully saturated rings. The van der Waals surface area contributed by atoms with Gasteiger partial charge in [-0.1, -0.05) is 19.9 Å². The van der Waals surface area contributed by atoms with Gasteiger partial charge in [-0.2, -0.15) is 4.98 Å². The second-order valence-electron chi connectivity index (χ2n) is 9.01. The SMILES string of the molecule is CCc1c(F)ccc2cc(O)cc(-c3c(F)cc4c(N5CCC[C@H](C)C5)nc(N)nc4c3F)c12. The molecule has 0 spiro atoms. The normalized spacial score (nSPS) is 16.5. The van der Waals surface area contributed by atoms with E-state index in [0.717, 1.165) is 12.8 Å². The van der Waals surface area contributed by atoms with Crippen LogP contribution < -0.4 is 10.6 Å². The summed E-state index contributed by atoms with van der Waals surface area (Å²) in [7, 11) is 0. The number of phenolic OH excluding ortho intramolecular Hbond substituents is 1. The summed E-state index contributed by atoms with van der Waals surface area (Å²) in [5.41, 5.74) is 5.83. The Labute approximate surface area is 195 Å². The molecule has 0 saturated carbocycles. The molecule has 0 bridgehead atoms. The van der Waals surface area contributed by atoms with Gasteiger partial charge in [0, 0.05) is 18.5 Å². The van der Waals surface area contributed by atoms with E-state index >= 15 is 8.78 Å². The van der Waals surface area contributed by atoms with Gasteiger partial charge in [-0.3, -0.25) is 0 Å². The third-order valence-electron chi connectivity index (χ3n) is 6.61. The molecule has 1 aromatic heterocycles. The van der Waals surface area contributed by atoms with Crippen molar-refractivity contribution in [1.29, 1.82) is 0 Å². The predicted molar refractivity (Wildman–Crippen MR) is 128 cm³/mol. The number of aromatic nitrogens is 2. The fraction of sp³-hybridized carbons (Fsp3) is 0.308. The lowest BCUT2D eigenvalue weighted by Gasteiger charge is -2.32. The van der Waals surface area contributed by atoms with E-state index in [-0.39, 0.29) is 33.7 Å². The maximum absolute atomic E-state index is 16.0. The van der Waals surface area contributed by atoms with Crippen molar-refractivity contribution in [2.24, 2.45) is 5.92 Å². The molecule has 1 atom stereocenters. The summed E-state index contributed by atoms with van der Waals surface area (Å²) in [6.45, 7) is 5.29. The van der Waals surface area contributed by atoms with Crippen LogP contribution in [0.25, 0.3) is 32.8 Å². The Kier molecular flexibility index (Phi) is 5.46. The minimum atomic E-state index is -0.923. The van der Waals surface area contributed by atoms with Gasteiger partial charge in [-0.05, 0) is 71.3 Å². The zero-order valence-electron chi connectivity index (χ0n) is 19.0. The number of nitrogen functional groups attached to an aromatic ring is 1. The monoisotopic (exact) mass is 466 g/mol. The Balaban J connectivity index is 1.82. The van der Waals surface area contributed by atoms with Crippen molar-refractivity contribution in [3.63, 3.8) is 0 Å². The Morgan fingerprint density at radius 1 is 1.12 bits per heavy atom. The summed E-state index contributed by atoms with van der Waals surface area (Å²) >= 11 is 0. The van der Waals surface area contributed by atoms with Gasteiger partial charge in [0.2, 0.25) is 5.95 Å². The molecule has 3 N–H and O–H groups in total. The molecule has 0 amide bonds. The van der Waals surface area contributed by atoms with Crippen molar-refractivity contribution in [2.45, 2.75) is 33.1 Å². The van der Waals surface area contributed by atoms with Crippen molar-refractivity contribution < 1.29 is 18.3 Å². The molecule has 0 radical (unpaired) electrons. The zero-order valence-corrected chi connectivity index (χ0v) is 19.0. The average Bonchev–Trinajstić information content (AvgIpc) is 2.79. The minimum absolute atomic E-state index is 0.0635. The number of anilines is 2. The number of aromatic hydroxyl groups is 1. The molecule has 2 heterocycles. The zero-order chi connectivity index (χ0) is 24.1. The van der Waals surface area contributed by atoms with Crippen LogP contribution in [0.15, 0.2) is 30.3 Å². The van der Waals surface area contributed by atoms with E-state index in [2.05, 4.69) is 16.9 Å². The van der Waals surface area contributed by atoms with Crippen LogP contribution in [0.5, 0.6) is 5.75 Å². The van der Waals surface area contributed by atoms with Crippen molar-refractivity contribution >= 4 is 33.4 Å². The predicted octanol–water partition coefficient (Wildman–Crippen LogP) is 5.95. The molecule has 176 valence electrons. The van der Waals surface area contributed by atoms with Crippen LogP contribution in [0, 0.1) is 23.4 Å². The van der Waals surface area contributed by atoms with Gasteiger partial charge < -0.3 is 15.7 Å². The lowest BCUT2D eigenvalue weighted by atomic mass is 9.91. The number of piperidine rings is 1. The third-order valence-corrected chi connectivity index (χ3v) is 6.61. The van der Waals surface area contributed by atoms with Crippen LogP contribution in [-0.4, -0.2) is 28.2 Å². The molecule has 5 rings (SSSR count). The second kappa shape index (κ2) is 8.34. The van der Waals surface area contributed by atoms with Crippen molar-refractivity contribution in [1.82, 2.24) is 9.97 Å². The molecule has 0 aliphatic carbocycles. The number of rotatable bonds is 3. The molecule has 1 aliphatic rings. The number of hydrogen-bond donors (Lipinski definition) is 2. The smallest absolute Gasteiger partial charge is 0.222 e. The first-order valence-electron chi connectivity index (χ1n) is 11.4. The number of phenols is 1. The van der Waals surface area contributed by atoms with E-state index in [1.165, 1.54) is 30.3 Å². The van der Waals surface area contributed by atoms with E-state index in [9.17, 15) is 9.50 Å². The summed E-state index contributed by atoms with van der Waals surface area (Å²) in [4.78, 5) is 10.4. The van der Waals surface area contributed by atoms with Gasteiger partial charge in [0.1, 0.15) is 28.7 Å². The van der Waals surface area contributed by atoms with Gasteiger partial charge in [0.05, 0.1) is 5.56 Å². The minimum Gasteiger partial charge on any atom is -0.508 e. The van der Waals surface area contributed by atoms with Gasteiger partial charge >= 0.3 is 0 Å². The lowest BCUT2D eigenvalue weighted by molar-refractivity contribution is 0.445. The quantitative estimate of drug-likeness (QED) is 0.390. The fourth-order valence-corrected chi connectivity index (χ4v) is 5.11. The van der Waals surface area contributed by atoms with Gasteiger partial charge in [-0.15, -0.1) is 0 Å². The first-order chi connectivity index (χ1) is 16.3. The number of aryl methyl sites for hydroxylation is 1.